The van der Waals surface area contributed by atoms with Gasteiger partial charge in [-0.3, -0.25) is 0 Å². The van der Waals surface area contributed by atoms with Gasteiger partial charge in [0.2, 0.25) is 0 Å². The maximum absolute atomic E-state index is 13.0. The summed E-state index contributed by atoms with van der Waals surface area (Å²) < 4.78 is 40.9. The van der Waals surface area contributed by atoms with E-state index >= 15 is 0 Å². The van der Waals surface area contributed by atoms with Gasteiger partial charge in [-0.25, -0.2) is 0 Å². The average Bonchev–Trinajstić information content (AvgIpc) is 2.74. The largest absolute Gasteiger partial charge is 0.407 e. The fourth-order valence-corrected chi connectivity index (χ4v) is 2.67. The Hall–Kier alpha value is -1.49. The van der Waals surface area contributed by atoms with Gasteiger partial charge < -0.3 is 10.3 Å². The molecule has 0 saturated heterocycles. The van der Waals surface area contributed by atoms with Gasteiger partial charge in [0, 0.05) is 29.2 Å². The highest BCUT2D eigenvalue weighted by Gasteiger charge is 2.39. The van der Waals surface area contributed by atoms with E-state index in [4.69, 9.17) is 5.73 Å². The summed E-state index contributed by atoms with van der Waals surface area (Å²) in [7, 11) is 0. The van der Waals surface area contributed by atoms with Gasteiger partial charge in [0.15, 0.2) is 0 Å². The molecule has 0 unspecified atom stereocenters. The second-order valence-corrected chi connectivity index (χ2v) is 6.58. The van der Waals surface area contributed by atoms with Crippen LogP contribution in [0.3, 0.4) is 0 Å². The van der Waals surface area contributed by atoms with Crippen LogP contribution in [0.25, 0.3) is 10.9 Å². The molecule has 2 aromatic rings. The number of halogens is 3. The van der Waals surface area contributed by atoms with Crippen molar-refractivity contribution in [2.24, 2.45) is 11.7 Å². The lowest BCUT2D eigenvalue weighted by Crippen LogP contribution is -2.28. The summed E-state index contributed by atoms with van der Waals surface area (Å²) in [6.07, 6.45) is -2.87. The molecule has 0 radical (unpaired) electrons. The lowest BCUT2D eigenvalue weighted by molar-refractivity contribution is -0.148. The predicted octanol–water partition coefficient (Wildman–Crippen LogP) is 4.98. The summed E-state index contributed by atoms with van der Waals surface area (Å²) in [6, 6.07) is 3.68. The molecule has 0 aliphatic carbocycles. The molecule has 122 valence electrons. The summed E-state index contributed by atoms with van der Waals surface area (Å²) in [6.45, 7) is 8.89. The maximum atomic E-state index is 13.0. The summed E-state index contributed by atoms with van der Waals surface area (Å²) in [5.74, 6) is 0.666. The van der Waals surface area contributed by atoms with Crippen LogP contribution in [0.4, 0.5) is 13.2 Å². The SMILES string of the molecule is CC(C)Cn1cc([C@H](N)C(F)(F)F)c2ccc(C(C)C)cc21. The predicted molar refractivity (Wildman–Crippen MR) is 83.8 cm³/mol. The molecule has 1 atom stereocenters. The highest BCUT2D eigenvalue weighted by atomic mass is 19.4. The number of nitrogens with two attached hydrogens (primary N) is 1. The van der Waals surface area contributed by atoms with Crippen LogP contribution in [-0.2, 0) is 6.54 Å². The highest BCUT2D eigenvalue weighted by molar-refractivity contribution is 5.85. The first-order valence-electron chi connectivity index (χ1n) is 7.56. The summed E-state index contributed by atoms with van der Waals surface area (Å²) in [4.78, 5) is 0. The number of benzene rings is 1. The van der Waals surface area contributed by atoms with E-state index in [-0.39, 0.29) is 5.56 Å². The van der Waals surface area contributed by atoms with Gasteiger partial charge in [0.25, 0.3) is 0 Å². The van der Waals surface area contributed by atoms with Crippen LogP contribution >= 0.6 is 0 Å². The minimum Gasteiger partial charge on any atom is -0.347 e. The van der Waals surface area contributed by atoms with E-state index in [0.717, 1.165) is 11.1 Å². The monoisotopic (exact) mass is 312 g/mol. The molecule has 0 aliphatic rings. The Morgan fingerprint density at radius 2 is 1.77 bits per heavy atom. The zero-order valence-electron chi connectivity index (χ0n) is 13.4. The van der Waals surface area contributed by atoms with Crippen molar-refractivity contribution in [3.63, 3.8) is 0 Å². The van der Waals surface area contributed by atoms with E-state index in [9.17, 15) is 13.2 Å². The molecule has 1 aromatic heterocycles. The standard InChI is InChI=1S/C17H23F3N2/c1-10(2)8-22-9-14(16(21)17(18,19)20)13-6-5-12(11(3)4)7-15(13)22/h5-7,9-11,16H,8,21H2,1-4H3/t16-/m0/s1. The number of nitrogens with zero attached hydrogens (tertiary/aromatic N) is 1. The van der Waals surface area contributed by atoms with Crippen molar-refractivity contribution < 1.29 is 13.2 Å². The molecular formula is C17H23F3N2. The van der Waals surface area contributed by atoms with E-state index in [1.165, 1.54) is 0 Å². The van der Waals surface area contributed by atoms with Crippen LogP contribution in [0.2, 0.25) is 0 Å². The molecule has 0 aliphatic heterocycles. The topological polar surface area (TPSA) is 30.9 Å². The lowest BCUT2D eigenvalue weighted by Gasteiger charge is -2.15. The number of rotatable bonds is 4. The molecule has 0 spiro atoms. The Kier molecular flexibility index (Phi) is 4.57. The van der Waals surface area contributed by atoms with Crippen molar-refractivity contribution in [1.82, 2.24) is 4.57 Å². The Bertz CT molecular complexity index is 654. The third-order valence-electron chi connectivity index (χ3n) is 3.85. The zero-order valence-corrected chi connectivity index (χ0v) is 13.4. The molecule has 5 heteroatoms. The quantitative estimate of drug-likeness (QED) is 0.848. The van der Waals surface area contributed by atoms with Gasteiger partial charge in [-0.1, -0.05) is 39.8 Å². The van der Waals surface area contributed by atoms with Crippen molar-refractivity contribution in [3.8, 4) is 0 Å². The van der Waals surface area contributed by atoms with Crippen LogP contribution in [0.5, 0.6) is 0 Å². The third-order valence-corrected chi connectivity index (χ3v) is 3.85. The molecule has 2 N–H and O–H groups in total. The van der Waals surface area contributed by atoms with Crippen LogP contribution < -0.4 is 5.73 Å². The summed E-state index contributed by atoms with van der Waals surface area (Å²) in [5, 5.41) is 0.592. The molecular weight excluding hydrogens is 289 g/mol. The molecule has 2 nitrogen and oxygen atoms in total. The van der Waals surface area contributed by atoms with Gasteiger partial charge >= 0.3 is 6.18 Å². The van der Waals surface area contributed by atoms with Crippen molar-refractivity contribution >= 4 is 10.9 Å². The number of alkyl halides is 3. The minimum atomic E-state index is -4.44. The van der Waals surface area contributed by atoms with Crippen LogP contribution in [0.15, 0.2) is 24.4 Å². The Morgan fingerprint density at radius 3 is 2.27 bits per heavy atom. The van der Waals surface area contributed by atoms with E-state index in [0.29, 0.717) is 23.8 Å². The summed E-state index contributed by atoms with van der Waals surface area (Å²) in [5.41, 5.74) is 7.54. The highest BCUT2D eigenvalue weighted by Crippen LogP contribution is 2.36. The molecule has 0 fully saturated rings. The number of hydrogen-bond acceptors (Lipinski definition) is 1. The minimum absolute atomic E-state index is 0.151. The normalized spacial score (nSPS) is 14.3. The van der Waals surface area contributed by atoms with Gasteiger partial charge in [-0.05, 0) is 23.5 Å². The van der Waals surface area contributed by atoms with Crippen LogP contribution in [0, 0.1) is 5.92 Å². The van der Waals surface area contributed by atoms with Crippen molar-refractivity contribution in [1.29, 1.82) is 0 Å². The third kappa shape index (κ3) is 3.29. The van der Waals surface area contributed by atoms with E-state index in [2.05, 4.69) is 13.8 Å². The Balaban J connectivity index is 2.63. The first kappa shape index (κ1) is 16.9. The fraction of sp³-hybridized carbons (Fsp3) is 0.529. The zero-order chi connectivity index (χ0) is 16.7. The molecule has 0 bridgehead atoms. The Labute approximate surface area is 129 Å². The van der Waals surface area contributed by atoms with E-state index < -0.39 is 12.2 Å². The van der Waals surface area contributed by atoms with E-state index in [1.54, 1.807) is 12.3 Å². The van der Waals surface area contributed by atoms with Crippen LogP contribution in [-0.4, -0.2) is 10.7 Å². The second kappa shape index (κ2) is 5.95. The molecule has 1 heterocycles. The van der Waals surface area contributed by atoms with Gasteiger partial charge in [0.05, 0.1) is 0 Å². The first-order chi connectivity index (χ1) is 10.1. The van der Waals surface area contributed by atoms with Crippen LogP contribution in [0.1, 0.15) is 50.8 Å². The molecule has 22 heavy (non-hydrogen) atoms. The first-order valence-corrected chi connectivity index (χ1v) is 7.56. The Morgan fingerprint density at radius 1 is 1.14 bits per heavy atom. The fourth-order valence-electron chi connectivity index (χ4n) is 2.67. The summed E-state index contributed by atoms with van der Waals surface area (Å²) >= 11 is 0. The van der Waals surface area contributed by atoms with Gasteiger partial charge in [-0.2, -0.15) is 13.2 Å². The molecule has 1 aromatic carbocycles. The molecule has 2 rings (SSSR count). The van der Waals surface area contributed by atoms with Crippen molar-refractivity contribution in [2.75, 3.05) is 0 Å². The number of aromatic nitrogens is 1. The second-order valence-electron chi connectivity index (χ2n) is 6.58. The van der Waals surface area contributed by atoms with Crippen molar-refractivity contribution in [3.05, 3.63) is 35.5 Å². The lowest BCUT2D eigenvalue weighted by atomic mass is 9.99. The average molecular weight is 312 g/mol. The van der Waals surface area contributed by atoms with Gasteiger partial charge in [-0.15, -0.1) is 0 Å². The van der Waals surface area contributed by atoms with Crippen molar-refractivity contribution in [2.45, 2.75) is 52.4 Å². The smallest absolute Gasteiger partial charge is 0.347 e. The maximum Gasteiger partial charge on any atom is 0.407 e. The molecule has 0 saturated carbocycles. The van der Waals surface area contributed by atoms with Gasteiger partial charge in [0.1, 0.15) is 6.04 Å². The number of fused-ring (bicyclic) bond motifs is 1. The number of hydrogen-bond donors (Lipinski definition) is 1. The van der Waals surface area contributed by atoms with E-state index in [1.807, 2.05) is 30.5 Å². The molecule has 0 amide bonds.